The first-order valence-corrected chi connectivity index (χ1v) is 11.6. The second-order valence-electron chi connectivity index (χ2n) is 6.98. The Bertz CT molecular complexity index is 776. The van der Waals surface area contributed by atoms with Crippen LogP contribution < -0.4 is 10.6 Å². The van der Waals surface area contributed by atoms with Gasteiger partial charge in [0.1, 0.15) is 18.2 Å². The molecule has 11 heteroatoms. The van der Waals surface area contributed by atoms with Gasteiger partial charge in [-0.15, -0.1) is 0 Å². The first-order chi connectivity index (χ1) is 14.1. The summed E-state index contributed by atoms with van der Waals surface area (Å²) in [5.41, 5.74) is 0.328. The van der Waals surface area contributed by atoms with E-state index in [9.17, 15) is 19.2 Å². The summed E-state index contributed by atoms with van der Waals surface area (Å²) in [6.07, 6.45) is 0.794. The fraction of sp³-hybridized carbons (Fsp3) is 0.368. The third-order valence-corrected chi connectivity index (χ3v) is 3.96. The first-order valence-electron chi connectivity index (χ1n) is 8.89. The lowest BCUT2D eigenvalue weighted by molar-refractivity contribution is -0.145. The molecule has 2 amide bonds. The molecule has 0 aliphatic rings. The Labute approximate surface area is 179 Å². The normalized spacial score (nSPS) is 12.0. The van der Waals surface area contributed by atoms with E-state index >= 15 is 0 Å². The van der Waals surface area contributed by atoms with Gasteiger partial charge < -0.3 is 24.6 Å². The lowest BCUT2D eigenvalue weighted by Gasteiger charge is -2.23. The van der Waals surface area contributed by atoms with Gasteiger partial charge >= 0.3 is 23.9 Å². The summed E-state index contributed by atoms with van der Waals surface area (Å²) >= 11 is 0. The third kappa shape index (κ3) is 9.81. The Hall–Kier alpha value is -2.50. The summed E-state index contributed by atoms with van der Waals surface area (Å²) in [4.78, 5) is 47.4. The maximum Gasteiger partial charge on any atom is 0.408 e. The zero-order valence-electron chi connectivity index (χ0n) is 17.0. The summed E-state index contributed by atoms with van der Waals surface area (Å²) in [5.74, 6) is -2.52. The summed E-state index contributed by atoms with van der Waals surface area (Å²) in [6, 6.07) is 5.41. The monoisotopic (exact) mass is 456 g/mol. The highest BCUT2D eigenvalue weighted by Gasteiger charge is 2.26. The molecule has 0 fully saturated rings. The molecule has 0 saturated carbocycles. The fourth-order valence-corrected chi connectivity index (χ4v) is 2.65. The number of alkyl carbamates (subject to hydrolysis) is 1. The smallest absolute Gasteiger partial charge is 0.408 e. The van der Waals surface area contributed by atoms with E-state index in [1.54, 1.807) is 45.0 Å². The standard InChI is InChI=1S/C19H26N2O7P2/c1-5-10-26-16(23)14(21-18(25)27-19(2,3)4)11-12-6-8-13(9-7-12)20-15(22)17(24)28-30-29/h5-9,14,30H,1,10-11,29H2,2-4H3,(H,20,22)(H,21,25)/t14-/m0/s1. The van der Waals surface area contributed by atoms with Crippen LogP contribution in [-0.2, 0) is 34.8 Å². The second kappa shape index (κ2) is 12.3. The van der Waals surface area contributed by atoms with Crippen molar-refractivity contribution in [3.05, 3.63) is 42.5 Å². The maximum absolute atomic E-state index is 12.3. The molecule has 0 heterocycles. The van der Waals surface area contributed by atoms with E-state index < -0.39 is 35.6 Å². The molecule has 0 aliphatic heterocycles. The fourth-order valence-electron chi connectivity index (χ4n) is 2.13. The van der Waals surface area contributed by atoms with Crippen molar-refractivity contribution in [2.75, 3.05) is 11.9 Å². The molecule has 9 nitrogen and oxygen atoms in total. The molecule has 2 N–H and O–H groups in total. The maximum atomic E-state index is 12.3. The number of ether oxygens (including phenoxy) is 2. The van der Waals surface area contributed by atoms with Crippen molar-refractivity contribution in [2.45, 2.75) is 38.8 Å². The topological polar surface area (TPSA) is 120 Å². The minimum Gasteiger partial charge on any atom is -0.460 e. The molecule has 164 valence electrons. The van der Waals surface area contributed by atoms with Crippen molar-refractivity contribution in [1.29, 1.82) is 0 Å². The number of benzene rings is 1. The van der Waals surface area contributed by atoms with Gasteiger partial charge in [0.05, 0.1) is 8.50 Å². The zero-order valence-corrected chi connectivity index (χ0v) is 19.2. The van der Waals surface area contributed by atoms with Gasteiger partial charge in [-0.2, -0.15) is 0 Å². The van der Waals surface area contributed by atoms with Crippen LogP contribution in [-0.4, -0.2) is 42.2 Å². The number of nitrogens with one attached hydrogen (secondary N) is 2. The molecule has 30 heavy (non-hydrogen) atoms. The summed E-state index contributed by atoms with van der Waals surface area (Å²) < 4.78 is 14.9. The van der Waals surface area contributed by atoms with Crippen LogP contribution >= 0.6 is 17.4 Å². The molecule has 0 saturated heterocycles. The van der Waals surface area contributed by atoms with Crippen molar-refractivity contribution in [1.82, 2.24) is 5.32 Å². The Kier molecular flexibility index (Phi) is 10.4. The van der Waals surface area contributed by atoms with E-state index in [-0.39, 0.29) is 21.5 Å². The second-order valence-corrected chi connectivity index (χ2v) is 8.13. The third-order valence-electron chi connectivity index (χ3n) is 3.31. The molecular weight excluding hydrogens is 430 g/mol. The molecule has 0 spiro atoms. The number of hydrogen-bond acceptors (Lipinski definition) is 7. The van der Waals surface area contributed by atoms with Gasteiger partial charge in [0.25, 0.3) is 0 Å². The largest absolute Gasteiger partial charge is 0.460 e. The number of amides is 2. The van der Waals surface area contributed by atoms with Crippen LogP contribution in [0.25, 0.3) is 0 Å². The number of rotatable bonds is 8. The van der Waals surface area contributed by atoms with Crippen LogP contribution in [0.1, 0.15) is 26.3 Å². The lowest BCUT2D eigenvalue weighted by atomic mass is 10.1. The lowest BCUT2D eigenvalue weighted by Crippen LogP contribution is -2.45. The summed E-state index contributed by atoms with van der Waals surface area (Å²) in [7, 11) is 1.99. The van der Waals surface area contributed by atoms with Crippen LogP contribution in [0.3, 0.4) is 0 Å². The number of carbonyl (C=O) groups excluding carboxylic acids is 4. The van der Waals surface area contributed by atoms with Gasteiger partial charge in [-0.1, -0.05) is 33.7 Å². The van der Waals surface area contributed by atoms with Crippen LogP contribution in [0, 0.1) is 0 Å². The Morgan fingerprint density at radius 3 is 2.37 bits per heavy atom. The van der Waals surface area contributed by atoms with Crippen molar-refractivity contribution in [3.8, 4) is 0 Å². The average Bonchev–Trinajstić information content (AvgIpc) is 2.65. The van der Waals surface area contributed by atoms with Crippen LogP contribution in [0.15, 0.2) is 36.9 Å². The molecule has 1 rings (SSSR count). The Morgan fingerprint density at radius 1 is 1.20 bits per heavy atom. The quantitative estimate of drug-likeness (QED) is 0.203. The molecule has 0 aliphatic carbocycles. The average molecular weight is 456 g/mol. The minimum absolute atomic E-state index is 0.00321. The van der Waals surface area contributed by atoms with Crippen molar-refractivity contribution in [2.24, 2.45) is 0 Å². The first kappa shape index (κ1) is 25.5. The summed E-state index contributed by atoms with van der Waals surface area (Å²) in [6.45, 7) is 8.61. The predicted molar refractivity (Wildman–Crippen MR) is 117 cm³/mol. The number of esters is 1. The van der Waals surface area contributed by atoms with Gasteiger partial charge in [-0.05, 0) is 38.5 Å². The molecule has 2 unspecified atom stereocenters. The predicted octanol–water partition coefficient (Wildman–Crippen LogP) is 2.72. The van der Waals surface area contributed by atoms with Crippen molar-refractivity contribution >= 4 is 47.1 Å². The Morgan fingerprint density at radius 2 is 1.83 bits per heavy atom. The van der Waals surface area contributed by atoms with Gasteiger partial charge in [0.2, 0.25) is 0 Å². The van der Waals surface area contributed by atoms with E-state index in [1.165, 1.54) is 6.08 Å². The SMILES string of the molecule is C=CCOC(=O)[C@H](Cc1ccc(NC(=O)C(=O)OPP)cc1)NC(=O)OC(C)(C)C. The minimum atomic E-state index is -0.988. The van der Waals surface area contributed by atoms with Gasteiger partial charge in [0, 0.05) is 12.1 Å². The highest BCUT2D eigenvalue weighted by atomic mass is 32.0. The summed E-state index contributed by atoms with van der Waals surface area (Å²) in [5, 5.41) is 4.91. The van der Waals surface area contributed by atoms with E-state index in [0.717, 1.165) is 0 Å². The molecule has 0 aromatic heterocycles. The highest BCUT2D eigenvalue weighted by molar-refractivity contribution is 8.00. The molecular formula is C19H26N2O7P2. The molecule has 3 atom stereocenters. The Balaban J connectivity index is 2.83. The number of anilines is 1. The molecule has 1 aromatic carbocycles. The van der Waals surface area contributed by atoms with E-state index in [0.29, 0.717) is 11.3 Å². The molecule has 1 aromatic rings. The van der Waals surface area contributed by atoms with E-state index in [2.05, 4.69) is 30.7 Å². The van der Waals surface area contributed by atoms with Crippen LogP contribution in [0.2, 0.25) is 0 Å². The molecule has 0 radical (unpaired) electrons. The van der Waals surface area contributed by atoms with E-state index in [4.69, 9.17) is 9.47 Å². The number of carbonyl (C=O) groups is 4. The van der Waals surface area contributed by atoms with Crippen molar-refractivity contribution < 1.29 is 33.2 Å². The van der Waals surface area contributed by atoms with Crippen LogP contribution in [0.5, 0.6) is 0 Å². The van der Waals surface area contributed by atoms with Gasteiger partial charge in [0.15, 0.2) is 0 Å². The zero-order chi connectivity index (χ0) is 22.7. The van der Waals surface area contributed by atoms with Gasteiger partial charge in [-0.25, -0.2) is 14.4 Å². The molecule has 0 bridgehead atoms. The van der Waals surface area contributed by atoms with Crippen molar-refractivity contribution in [3.63, 3.8) is 0 Å². The number of hydrogen-bond donors (Lipinski definition) is 2. The highest BCUT2D eigenvalue weighted by Crippen LogP contribution is 2.21. The van der Waals surface area contributed by atoms with E-state index in [1.807, 2.05) is 0 Å². The van der Waals surface area contributed by atoms with Crippen LogP contribution in [0.4, 0.5) is 10.5 Å². The van der Waals surface area contributed by atoms with Gasteiger partial charge in [-0.3, -0.25) is 4.79 Å².